The summed E-state index contributed by atoms with van der Waals surface area (Å²) >= 11 is 1.55. The maximum absolute atomic E-state index is 12.1. The third kappa shape index (κ3) is 4.54. The number of thiazole rings is 1. The van der Waals surface area contributed by atoms with Crippen molar-refractivity contribution in [3.63, 3.8) is 0 Å². The molecule has 1 aromatic carbocycles. The standard InChI is InChI=1S/C24H32N2O3S/c1-29-16-17-10-8-9-15-20(17)22-21(23(27)28)25-24(30-22)26(18-11-4-2-5-12-18)19-13-6-3-7-14-19/h8-10,15,18-19H,2-7,11-14,16H2,1H3,(H,27,28). The second-order valence-electron chi connectivity index (χ2n) is 8.56. The Balaban J connectivity index is 1.76. The van der Waals surface area contributed by atoms with Crippen molar-refractivity contribution >= 4 is 22.4 Å². The zero-order valence-corrected chi connectivity index (χ0v) is 18.6. The molecule has 0 spiro atoms. The molecule has 1 heterocycles. The minimum Gasteiger partial charge on any atom is -0.476 e. The molecule has 0 unspecified atom stereocenters. The first-order chi connectivity index (χ1) is 14.7. The summed E-state index contributed by atoms with van der Waals surface area (Å²) in [5, 5.41) is 10.9. The van der Waals surface area contributed by atoms with Gasteiger partial charge in [0.25, 0.3) is 0 Å². The predicted molar refractivity (Wildman–Crippen MR) is 121 cm³/mol. The van der Waals surface area contributed by atoms with E-state index in [0.29, 0.717) is 18.7 Å². The van der Waals surface area contributed by atoms with Crippen LogP contribution in [0.4, 0.5) is 5.13 Å². The van der Waals surface area contributed by atoms with E-state index >= 15 is 0 Å². The van der Waals surface area contributed by atoms with Crippen LogP contribution in [0.3, 0.4) is 0 Å². The van der Waals surface area contributed by atoms with Crippen LogP contribution in [0.2, 0.25) is 0 Å². The van der Waals surface area contributed by atoms with E-state index in [1.54, 1.807) is 18.4 Å². The summed E-state index contributed by atoms with van der Waals surface area (Å²) in [6, 6.07) is 8.89. The van der Waals surface area contributed by atoms with Gasteiger partial charge in [-0.05, 0) is 36.8 Å². The monoisotopic (exact) mass is 428 g/mol. The third-order valence-corrected chi connectivity index (χ3v) is 7.64. The van der Waals surface area contributed by atoms with Crippen molar-refractivity contribution in [3.8, 4) is 10.4 Å². The molecule has 0 amide bonds. The van der Waals surface area contributed by atoms with Crippen LogP contribution in [0.15, 0.2) is 24.3 Å². The van der Waals surface area contributed by atoms with Gasteiger partial charge in [0.2, 0.25) is 0 Å². The number of nitrogens with zero attached hydrogens (tertiary/aromatic N) is 2. The summed E-state index contributed by atoms with van der Waals surface area (Å²) in [5.41, 5.74) is 2.10. The fourth-order valence-corrected chi connectivity index (χ4v) is 6.36. The van der Waals surface area contributed by atoms with Gasteiger partial charge in [0, 0.05) is 19.2 Å². The van der Waals surface area contributed by atoms with Gasteiger partial charge < -0.3 is 14.7 Å². The Labute approximate surface area is 183 Å². The van der Waals surface area contributed by atoms with Crippen molar-refractivity contribution in [3.05, 3.63) is 35.5 Å². The van der Waals surface area contributed by atoms with E-state index in [0.717, 1.165) is 21.1 Å². The Bertz CT molecular complexity index is 836. The van der Waals surface area contributed by atoms with Crippen molar-refractivity contribution in [1.82, 2.24) is 4.98 Å². The summed E-state index contributed by atoms with van der Waals surface area (Å²) in [4.78, 5) is 20.2. The van der Waals surface area contributed by atoms with Gasteiger partial charge in [0.05, 0.1) is 11.5 Å². The lowest BCUT2D eigenvalue weighted by atomic mass is 9.89. The summed E-state index contributed by atoms with van der Waals surface area (Å²) in [5.74, 6) is -0.952. The molecule has 162 valence electrons. The lowest BCUT2D eigenvalue weighted by molar-refractivity contribution is 0.0692. The number of carbonyl (C=O) groups is 1. The van der Waals surface area contributed by atoms with Crippen molar-refractivity contribution in [2.24, 2.45) is 0 Å². The molecule has 0 aliphatic heterocycles. The molecule has 30 heavy (non-hydrogen) atoms. The van der Waals surface area contributed by atoms with Crippen molar-refractivity contribution in [1.29, 1.82) is 0 Å². The largest absolute Gasteiger partial charge is 0.476 e. The molecule has 0 atom stereocenters. The highest BCUT2D eigenvalue weighted by Crippen LogP contribution is 2.41. The lowest BCUT2D eigenvalue weighted by Crippen LogP contribution is -2.45. The average molecular weight is 429 g/mol. The number of rotatable bonds is 7. The number of ether oxygens (including phenoxy) is 1. The predicted octanol–water partition coefficient (Wildman–Crippen LogP) is 6.13. The number of aromatic carboxylic acids is 1. The number of hydrogen-bond donors (Lipinski definition) is 1. The van der Waals surface area contributed by atoms with E-state index in [2.05, 4.69) is 4.90 Å². The van der Waals surface area contributed by atoms with Crippen LogP contribution in [0.1, 0.15) is 80.3 Å². The van der Waals surface area contributed by atoms with E-state index in [1.807, 2.05) is 24.3 Å². The molecule has 2 aliphatic rings. The van der Waals surface area contributed by atoms with Crippen LogP contribution in [0.5, 0.6) is 0 Å². The summed E-state index contributed by atoms with van der Waals surface area (Å²) in [6.45, 7) is 0.456. The highest BCUT2D eigenvalue weighted by atomic mass is 32.1. The maximum atomic E-state index is 12.1. The van der Waals surface area contributed by atoms with E-state index in [1.165, 1.54) is 64.2 Å². The number of carboxylic acids is 1. The van der Waals surface area contributed by atoms with Crippen LogP contribution in [-0.2, 0) is 11.3 Å². The topological polar surface area (TPSA) is 62.7 Å². The molecule has 2 saturated carbocycles. The van der Waals surface area contributed by atoms with E-state index in [4.69, 9.17) is 9.72 Å². The van der Waals surface area contributed by atoms with Crippen LogP contribution < -0.4 is 4.90 Å². The van der Waals surface area contributed by atoms with Crippen LogP contribution in [0, 0.1) is 0 Å². The minimum atomic E-state index is -0.952. The molecule has 6 heteroatoms. The van der Waals surface area contributed by atoms with Crippen molar-refractivity contribution in [2.75, 3.05) is 12.0 Å². The smallest absolute Gasteiger partial charge is 0.356 e. The number of aromatic nitrogens is 1. The normalized spacial score (nSPS) is 18.4. The van der Waals surface area contributed by atoms with Crippen molar-refractivity contribution < 1.29 is 14.6 Å². The van der Waals surface area contributed by atoms with Gasteiger partial charge in [-0.1, -0.05) is 74.1 Å². The summed E-state index contributed by atoms with van der Waals surface area (Å²) in [7, 11) is 1.67. The third-order valence-electron chi connectivity index (χ3n) is 6.54. The van der Waals surface area contributed by atoms with Crippen molar-refractivity contribution in [2.45, 2.75) is 82.9 Å². The van der Waals surface area contributed by atoms with Crippen LogP contribution in [0.25, 0.3) is 10.4 Å². The Hall–Kier alpha value is -1.92. The number of methoxy groups -OCH3 is 1. The molecule has 0 saturated heterocycles. The first-order valence-electron chi connectivity index (χ1n) is 11.3. The van der Waals surface area contributed by atoms with E-state index in [9.17, 15) is 9.90 Å². The SMILES string of the molecule is COCc1ccccc1-c1sc(N(C2CCCCC2)C2CCCCC2)nc1C(=O)O. The van der Waals surface area contributed by atoms with Gasteiger partial charge in [-0.15, -0.1) is 0 Å². The lowest BCUT2D eigenvalue weighted by Gasteiger charge is -2.41. The zero-order chi connectivity index (χ0) is 20.9. The van der Waals surface area contributed by atoms with Gasteiger partial charge in [0.1, 0.15) is 0 Å². The Morgan fingerprint density at radius 1 is 1.07 bits per heavy atom. The Morgan fingerprint density at radius 2 is 1.67 bits per heavy atom. The molecule has 1 N–H and O–H groups in total. The molecule has 2 aliphatic carbocycles. The molecular weight excluding hydrogens is 396 g/mol. The fourth-order valence-electron chi connectivity index (χ4n) is 5.10. The number of anilines is 1. The van der Waals surface area contributed by atoms with Gasteiger partial charge in [-0.3, -0.25) is 0 Å². The molecule has 2 aromatic rings. The second-order valence-corrected chi connectivity index (χ2v) is 9.54. The maximum Gasteiger partial charge on any atom is 0.356 e. The highest BCUT2D eigenvalue weighted by Gasteiger charge is 2.33. The summed E-state index contributed by atoms with van der Waals surface area (Å²) in [6.07, 6.45) is 12.4. The molecule has 2 fully saturated rings. The highest BCUT2D eigenvalue weighted by molar-refractivity contribution is 7.19. The Morgan fingerprint density at radius 3 is 2.23 bits per heavy atom. The quantitative estimate of drug-likeness (QED) is 0.575. The minimum absolute atomic E-state index is 0.176. The van der Waals surface area contributed by atoms with E-state index < -0.39 is 5.97 Å². The molecule has 0 radical (unpaired) electrons. The molecule has 0 bridgehead atoms. The summed E-state index contributed by atoms with van der Waals surface area (Å²) < 4.78 is 5.36. The zero-order valence-electron chi connectivity index (χ0n) is 17.8. The first-order valence-corrected chi connectivity index (χ1v) is 12.1. The fraction of sp³-hybridized carbons (Fsp3) is 0.583. The Kier molecular flexibility index (Phi) is 7.05. The second kappa shape index (κ2) is 9.92. The van der Waals surface area contributed by atoms with Gasteiger partial charge >= 0.3 is 5.97 Å². The molecular formula is C24H32N2O3S. The first kappa shape index (κ1) is 21.3. The van der Waals surface area contributed by atoms with Crippen LogP contribution >= 0.6 is 11.3 Å². The average Bonchev–Trinajstić information content (AvgIpc) is 3.21. The van der Waals surface area contributed by atoms with Gasteiger partial charge in [-0.25, -0.2) is 9.78 Å². The van der Waals surface area contributed by atoms with Gasteiger partial charge in [0.15, 0.2) is 10.8 Å². The number of carboxylic acid groups (broad SMARTS) is 1. The van der Waals surface area contributed by atoms with E-state index in [-0.39, 0.29) is 5.69 Å². The number of hydrogen-bond acceptors (Lipinski definition) is 5. The molecule has 1 aromatic heterocycles. The van der Waals surface area contributed by atoms with Gasteiger partial charge in [-0.2, -0.15) is 0 Å². The molecule has 5 nitrogen and oxygen atoms in total. The number of benzene rings is 1. The molecule has 4 rings (SSSR count). The van der Waals surface area contributed by atoms with Crippen LogP contribution in [-0.4, -0.2) is 35.3 Å².